The van der Waals surface area contributed by atoms with E-state index in [4.69, 9.17) is 15.9 Å². The lowest BCUT2D eigenvalue weighted by Gasteiger charge is -2.24. The Morgan fingerprint density at radius 3 is 2.71 bits per heavy atom. The number of anilines is 2. The topological polar surface area (TPSA) is 86.8 Å². The van der Waals surface area contributed by atoms with E-state index in [1.54, 1.807) is 12.1 Å². The van der Waals surface area contributed by atoms with Crippen molar-refractivity contribution in [2.24, 2.45) is 0 Å². The van der Waals surface area contributed by atoms with Crippen LogP contribution in [0.3, 0.4) is 0 Å². The Hall–Kier alpha value is -1.75. The Bertz CT molecular complexity index is 393. The van der Waals surface area contributed by atoms with Crippen LogP contribution in [0.5, 0.6) is 0 Å². The van der Waals surface area contributed by atoms with Crippen molar-refractivity contribution in [2.45, 2.75) is 13.3 Å². The van der Waals surface area contributed by atoms with Crippen LogP contribution in [0.15, 0.2) is 18.2 Å². The number of aliphatic hydroxyl groups is 1. The molecule has 0 aliphatic carbocycles. The molecule has 94 valence electrons. The zero-order valence-corrected chi connectivity index (χ0v) is 9.89. The van der Waals surface area contributed by atoms with E-state index in [1.165, 1.54) is 6.07 Å². The van der Waals surface area contributed by atoms with Crippen LogP contribution in [-0.2, 0) is 0 Å². The van der Waals surface area contributed by atoms with Crippen molar-refractivity contribution < 1.29 is 15.0 Å². The van der Waals surface area contributed by atoms with Gasteiger partial charge in [0.25, 0.3) is 0 Å². The minimum absolute atomic E-state index is 0.106. The number of nitrogens with zero attached hydrogens (tertiary/aromatic N) is 1. The molecule has 0 aliphatic heterocycles. The number of nitrogen functional groups attached to an aromatic ring is 1. The molecule has 0 radical (unpaired) electrons. The second kappa shape index (κ2) is 6.10. The van der Waals surface area contributed by atoms with Crippen molar-refractivity contribution in [2.75, 3.05) is 30.3 Å². The normalized spacial score (nSPS) is 10.2. The summed E-state index contributed by atoms with van der Waals surface area (Å²) in [7, 11) is 0. The minimum atomic E-state index is -0.968. The molecule has 0 spiro atoms. The van der Waals surface area contributed by atoms with Crippen molar-refractivity contribution >= 4 is 17.3 Å². The van der Waals surface area contributed by atoms with Gasteiger partial charge in [-0.05, 0) is 31.5 Å². The lowest BCUT2D eigenvalue weighted by atomic mass is 10.1. The Balaban J connectivity index is 3.00. The van der Waals surface area contributed by atoms with Gasteiger partial charge >= 0.3 is 5.97 Å². The third kappa shape index (κ3) is 3.35. The summed E-state index contributed by atoms with van der Waals surface area (Å²) in [5.41, 5.74) is 7.32. The van der Waals surface area contributed by atoms with Crippen LogP contribution in [0.2, 0.25) is 0 Å². The summed E-state index contributed by atoms with van der Waals surface area (Å²) < 4.78 is 0. The molecule has 5 heteroatoms. The first-order valence-electron chi connectivity index (χ1n) is 5.58. The molecular formula is C12H18N2O3. The molecule has 0 atom stereocenters. The summed E-state index contributed by atoms with van der Waals surface area (Å²) in [6.07, 6.45) is 0.630. The number of carboxylic acids is 1. The number of nitrogens with two attached hydrogens (primary N) is 1. The summed E-state index contributed by atoms with van der Waals surface area (Å²) in [4.78, 5) is 12.8. The number of aromatic carboxylic acids is 1. The molecule has 1 aromatic rings. The summed E-state index contributed by atoms with van der Waals surface area (Å²) >= 11 is 0. The van der Waals surface area contributed by atoms with Crippen molar-refractivity contribution in [3.63, 3.8) is 0 Å². The van der Waals surface area contributed by atoms with Crippen molar-refractivity contribution in [3.05, 3.63) is 23.8 Å². The predicted octanol–water partition coefficient (Wildman–Crippen LogP) is 1.18. The Morgan fingerprint density at radius 1 is 1.47 bits per heavy atom. The molecule has 0 fully saturated rings. The molecule has 0 aromatic heterocycles. The fourth-order valence-electron chi connectivity index (χ4n) is 1.66. The van der Waals surface area contributed by atoms with Gasteiger partial charge in [0.2, 0.25) is 0 Å². The van der Waals surface area contributed by atoms with Gasteiger partial charge in [-0.1, -0.05) is 0 Å². The number of hydrogen-bond acceptors (Lipinski definition) is 4. The highest BCUT2D eigenvalue weighted by atomic mass is 16.4. The van der Waals surface area contributed by atoms with E-state index < -0.39 is 5.97 Å². The second-order valence-electron chi connectivity index (χ2n) is 3.74. The van der Waals surface area contributed by atoms with E-state index in [2.05, 4.69) is 0 Å². The average Bonchev–Trinajstić information content (AvgIpc) is 2.31. The summed E-state index contributed by atoms with van der Waals surface area (Å²) in [5, 5.41) is 17.7. The number of aliphatic hydroxyl groups excluding tert-OH is 1. The molecule has 0 amide bonds. The quantitative estimate of drug-likeness (QED) is 0.648. The molecular weight excluding hydrogens is 220 g/mol. The van der Waals surface area contributed by atoms with Gasteiger partial charge in [-0.3, -0.25) is 0 Å². The van der Waals surface area contributed by atoms with E-state index in [-0.39, 0.29) is 12.2 Å². The third-order valence-electron chi connectivity index (χ3n) is 2.59. The maximum absolute atomic E-state index is 10.9. The maximum atomic E-state index is 10.9. The standard InChI is InChI=1S/C12H18N2O3/c1-2-14(6-3-7-15)11-8-9(12(16)17)4-5-10(11)13/h4-5,8,15H,2-3,6-7,13H2,1H3,(H,16,17). The first-order chi connectivity index (χ1) is 8.10. The van der Waals surface area contributed by atoms with Gasteiger partial charge in [0.15, 0.2) is 0 Å². The SMILES string of the molecule is CCN(CCCO)c1cc(C(=O)O)ccc1N. The molecule has 1 aromatic carbocycles. The fraction of sp³-hybridized carbons (Fsp3) is 0.417. The monoisotopic (exact) mass is 238 g/mol. The smallest absolute Gasteiger partial charge is 0.335 e. The zero-order valence-electron chi connectivity index (χ0n) is 9.89. The summed E-state index contributed by atoms with van der Waals surface area (Å²) in [5.74, 6) is -0.968. The average molecular weight is 238 g/mol. The van der Waals surface area contributed by atoms with Crippen LogP contribution < -0.4 is 10.6 Å². The Morgan fingerprint density at radius 2 is 2.18 bits per heavy atom. The number of carboxylic acid groups (broad SMARTS) is 1. The van der Waals surface area contributed by atoms with Crippen LogP contribution in [0, 0.1) is 0 Å². The van der Waals surface area contributed by atoms with Gasteiger partial charge in [-0.15, -0.1) is 0 Å². The second-order valence-corrected chi connectivity index (χ2v) is 3.74. The molecule has 17 heavy (non-hydrogen) atoms. The van der Waals surface area contributed by atoms with Crippen LogP contribution in [0.4, 0.5) is 11.4 Å². The van der Waals surface area contributed by atoms with Gasteiger partial charge in [0, 0.05) is 19.7 Å². The molecule has 5 nitrogen and oxygen atoms in total. The Kier molecular flexibility index (Phi) is 4.78. The van der Waals surface area contributed by atoms with Gasteiger partial charge in [0.1, 0.15) is 0 Å². The highest BCUT2D eigenvalue weighted by molar-refractivity contribution is 5.90. The molecule has 1 rings (SSSR count). The Labute approximate surface area is 100 Å². The highest BCUT2D eigenvalue weighted by Crippen LogP contribution is 2.24. The molecule has 0 bridgehead atoms. The maximum Gasteiger partial charge on any atom is 0.335 e. The van der Waals surface area contributed by atoms with Crippen LogP contribution in [-0.4, -0.2) is 35.9 Å². The largest absolute Gasteiger partial charge is 0.478 e. The zero-order chi connectivity index (χ0) is 12.8. The first-order valence-corrected chi connectivity index (χ1v) is 5.58. The number of rotatable bonds is 6. The van der Waals surface area contributed by atoms with E-state index in [9.17, 15) is 4.79 Å². The summed E-state index contributed by atoms with van der Waals surface area (Å²) in [6.45, 7) is 3.44. The van der Waals surface area contributed by atoms with E-state index in [0.29, 0.717) is 30.9 Å². The molecule has 0 aliphatic rings. The van der Waals surface area contributed by atoms with Crippen LogP contribution >= 0.6 is 0 Å². The van der Waals surface area contributed by atoms with Crippen molar-refractivity contribution in [3.8, 4) is 0 Å². The predicted molar refractivity (Wildman–Crippen MR) is 67.4 cm³/mol. The van der Waals surface area contributed by atoms with Gasteiger partial charge < -0.3 is 20.8 Å². The van der Waals surface area contributed by atoms with Crippen LogP contribution in [0.1, 0.15) is 23.7 Å². The number of carbonyl (C=O) groups is 1. The lowest BCUT2D eigenvalue weighted by Crippen LogP contribution is -2.25. The summed E-state index contributed by atoms with van der Waals surface area (Å²) in [6, 6.07) is 4.65. The first kappa shape index (κ1) is 13.3. The number of benzene rings is 1. The van der Waals surface area contributed by atoms with E-state index >= 15 is 0 Å². The lowest BCUT2D eigenvalue weighted by molar-refractivity contribution is 0.0697. The molecule has 0 unspecified atom stereocenters. The molecule has 0 heterocycles. The molecule has 4 N–H and O–H groups in total. The van der Waals surface area contributed by atoms with Crippen molar-refractivity contribution in [1.29, 1.82) is 0 Å². The number of hydrogen-bond donors (Lipinski definition) is 3. The molecule has 0 saturated heterocycles. The minimum Gasteiger partial charge on any atom is -0.478 e. The fourth-order valence-corrected chi connectivity index (χ4v) is 1.66. The van der Waals surface area contributed by atoms with E-state index in [0.717, 1.165) is 0 Å². The van der Waals surface area contributed by atoms with Gasteiger partial charge in [0.05, 0.1) is 16.9 Å². The van der Waals surface area contributed by atoms with Crippen LogP contribution in [0.25, 0.3) is 0 Å². The van der Waals surface area contributed by atoms with Crippen molar-refractivity contribution in [1.82, 2.24) is 0 Å². The van der Waals surface area contributed by atoms with E-state index in [1.807, 2.05) is 11.8 Å². The van der Waals surface area contributed by atoms with Gasteiger partial charge in [-0.25, -0.2) is 4.79 Å². The third-order valence-corrected chi connectivity index (χ3v) is 2.59. The highest BCUT2D eigenvalue weighted by Gasteiger charge is 2.11. The molecule has 0 saturated carbocycles. The van der Waals surface area contributed by atoms with Gasteiger partial charge in [-0.2, -0.15) is 0 Å².